The van der Waals surface area contributed by atoms with E-state index < -0.39 is 0 Å². The summed E-state index contributed by atoms with van der Waals surface area (Å²) < 4.78 is 5.49. The highest BCUT2D eigenvalue weighted by Gasteiger charge is 2.35. The van der Waals surface area contributed by atoms with E-state index >= 15 is 0 Å². The molecule has 2 unspecified atom stereocenters. The Kier molecular flexibility index (Phi) is 3.50. The van der Waals surface area contributed by atoms with Crippen LogP contribution in [0.4, 0.5) is 0 Å². The van der Waals surface area contributed by atoms with Crippen LogP contribution in [0, 0.1) is 5.92 Å². The minimum Gasteiger partial charge on any atom is -0.368 e. The molecule has 0 aromatic rings. The van der Waals surface area contributed by atoms with E-state index in [1.165, 1.54) is 0 Å². The molecule has 16 heavy (non-hydrogen) atoms. The van der Waals surface area contributed by atoms with Gasteiger partial charge >= 0.3 is 0 Å². The summed E-state index contributed by atoms with van der Waals surface area (Å²) in [6.07, 6.45) is 2.77. The van der Waals surface area contributed by atoms with Gasteiger partial charge in [-0.15, -0.1) is 0 Å². The highest BCUT2D eigenvalue weighted by atomic mass is 16.5. The average Bonchev–Trinajstić information content (AvgIpc) is 2.65. The highest BCUT2D eigenvalue weighted by molar-refractivity contribution is 5.82. The molecule has 4 heteroatoms. The first-order valence-corrected chi connectivity index (χ1v) is 6.25. The Morgan fingerprint density at radius 1 is 1.44 bits per heavy atom. The number of piperidine rings is 1. The number of hydrogen-bond acceptors (Lipinski definition) is 3. The van der Waals surface area contributed by atoms with Gasteiger partial charge < -0.3 is 15.4 Å². The second-order valence-corrected chi connectivity index (χ2v) is 5.36. The van der Waals surface area contributed by atoms with Crippen LogP contribution in [-0.4, -0.2) is 37.2 Å². The molecule has 0 spiro atoms. The standard InChI is InChI=1S/C12H22N2O2/c1-9-3-8-16-10(9)11(15)14-12(2)4-6-13-7-5-12/h9-10,13H,3-8H2,1-2H3,(H,14,15). The summed E-state index contributed by atoms with van der Waals surface area (Å²) in [7, 11) is 0. The van der Waals surface area contributed by atoms with Crippen LogP contribution in [0.3, 0.4) is 0 Å². The largest absolute Gasteiger partial charge is 0.368 e. The summed E-state index contributed by atoms with van der Waals surface area (Å²) in [6.45, 7) is 6.90. The van der Waals surface area contributed by atoms with Crippen molar-refractivity contribution >= 4 is 5.91 Å². The monoisotopic (exact) mass is 226 g/mol. The Bertz CT molecular complexity index is 262. The predicted octanol–water partition coefficient (Wildman–Crippen LogP) is 0.670. The molecule has 2 aliphatic heterocycles. The van der Waals surface area contributed by atoms with Crippen LogP contribution < -0.4 is 10.6 Å². The SMILES string of the molecule is CC1CCOC1C(=O)NC1(C)CCNCC1. The molecular formula is C12H22N2O2. The summed E-state index contributed by atoms with van der Waals surface area (Å²) in [5, 5.41) is 6.47. The fourth-order valence-corrected chi connectivity index (χ4v) is 2.50. The van der Waals surface area contributed by atoms with Crippen molar-refractivity contribution in [2.45, 2.75) is 44.8 Å². The summed E-state index contributed by atoms with van der Waals surface area (Å²) >= 11 is 0. The van der Waals surface area contributed by atoms with Crippen molar-refractivity contribution in [2.75, 3.05) is 19.7 Å². The van der Waals surface area contributed by atoms with E-state index in [-0.39, 0.29) is 17.6 Å². The van der Waals surface area contributed by atoms with Crippen LogP contribution in [0.1, 0.15) is 33.1 Å². The zero-order valence-corrected chi connectivity index (χ0v) is 10.2. The normalized spacial score (nSPS) is 33.6. The molecule has 92 valence electrons. The van der Waals surface area contributed by atoms with Crippen LogP contribution in [0.15, 0.2) is 0 Å². The van der Waals surface area contributed by atoms with Gasteiger partial charge in [0.2, 0.25) is 5.91 Å². The maximum Gasteiger partial charge on any atom is 0.249 e. The molecule has 2 N–H and O–H groups in total. The van der Waals surface area contributed by atoms with Gasteiger partial charge in [0, 0.05) is 12.1 Å². The Labute approximate surface area is 97.1 Å². The van der Waals surface area contributed by atoms with Crippen molar-refractivity contribution in [3.8, 4) is 0 Å². The van der Waals surface area contributed by atoms with Crippen molar-refractivity contribution in [2.24, 2.45) is 5.92 Å². The molecule has 2 heterocycles. The van der Waals surface area contributed by atoms with E-state index in [2.05, 4.69) is 24.5 Å². The van der Waals surface area contributed by atoms with Crippen molar-refractivity contribution in [3.63, 3.8) is 0 Å². The molecular weight excluding hydrogens is 204 g/mol. The zero-order chi connectivity index (χ0) is 11.6. The van der Waals surface area contributed by atoms with Gasteiger partial charge in [-0.05, 0) is 45.2 Å². The van der Waals surface area contributed by atoms with Gasteiger partial charge in [-0.2, -0.15) is 0 Å². The molecule has 0 aromatic carbocycles. The molecule has 0 aliphatic carbocycles. The molecule has 2 aliphatic rings. The predicted molar refractivity (Wildman–Crippen MR) is 62.2 cm³/mol. The van der Waals surface area contributed by atoms with Crippen LogP contribution in [0.25, 0.3) is 0 Å². The van der Waals surface area contributed by atoms with Gasteiger partial charge in [-0.25, -0.2) is 0 Å². The van der Waals surface area contributed by atoms with Crippen molar-refractivity contribution in [1.29, 1.82) is 0 Å². The molecule has 0 radical (unpaired) electrons. The fourth-order valence-electron chi connectivity index (χ4n) is 2.50. The van der Waals surface area contributed by atoms with Gasteiger partial charge in [0.05, 0.1) is 0 Å². The molecule has 2 saturated heterocycles. The Morgan fingerprint density at radius 3 is 2.69 bits per heavy atom. The molecule has 1 amide bonds. The molecule has 0 aromatic heterocycles. The van der Waals surface area contributed by atoms with E-state index in [0.717, 1.165) is 39.0 Å². The quantitative estimate of drug-likeness (QED) is 0.727. The maximum atomic E-state index is 12.1. The lowest BCUT2D eigenvalue weighted by Gasteiger charge is -2.36. The summed E-state index contributed by atoms with van der Waals surface area (Å²) in [5.41, 5.74) is -0.0476. The number of nitrogens with one attached hydrogen (secondary N) is 2. The smallest absolute Gasteiger partial charge is 0.249 e. The van der Waals surface area contributed by atoms with Crippen LogP contribution in [-0.2, 0) is 9.53 Å². The molecule has 0 bridgehead atoms. The average molecular weight is 226 g/mol. The van der Waals surface area contributed by atoms with Gasteiger partial charge in [-0.1, -0.05) is 6.92 Å². The zero-order valence-electron chi connectivity index (χ0n) is 10.2. The minimum absolute atomic E-state index is 0.0476. The molecule has 2 fully saturated rings. The van der Waals surface area contributed by atoms with Crippen molar-refractivity contribution in [1.82, 2.24) is 10.6 Å². The Hall–Kier alpha value is -0.610. The molecule has 0 saturated carbocycles. The second kappa shape index (κ2) is 4.72. The molecule has 2 rings (SSSR count). The van der Waals surface area contributed by atoms with E-state index in [1.807, 2.05) is 0 Å². The lowest BCUT2D eigenvalue weighted by molar-refractivity contribution is -0.133. The highest BCUT2D eigenvalue weighted by Crippen LogP contribution is 2.23. The van der Waals surface area contributed by atoms with Gasteiger partial charge in [-0.3, -0.25) is 4.79 Å². The topological polar surface area (TPSA) is 50.4 Å². The first-order valence-electron chi connectivity index (χ1n) is 6.25. The maximum absolute atomic E-state index is 12.1. The Balaban J connectivity index is 1.90. The van der Waals surface area contributed by atoms with E-state index in [1.54, 1.807) is 0 Å². The summed E-state index contributed by atoms with van der Waals surface area (Å²) in [6, 6.07) is 0. The number of ether oxygens (including phenoxy) is 1. The van der Waals surface area contributed by atoms with Gasteiger partial charge in [0.1, 0.15) is 6.10 Å². The number of amides is 1. The Morgan fingerprint density at radius 2 is 2.12 bits per heavy atom. The van der Waals surface area contributed by atoms with Crippen molar-refractivity contribution < 1.29 is 9.53 Å². The number of carbonyl (C=O) groups excluding carboxylic acids is 1. The third-order valence-electron chi connectivity index (χ3n) is 3.78. The van der Waals surface area contributed by atoms with Crippen LogP contribution >= 0.6 is 0 Å². The third-order valence-corrected chi connectivity index (χ3v) is 3.78. The van der Waals surface area contributed by atoms with Crippen LogP contribution in [0.5, 0.6) is 0 Å². The number of rotatable bonds is 2. The van der Waals surface area contributed by atoms with Gasteiger partial charge in [0.15, 0.2) is 0 Å². The summed E-state index contributed by atoms with van der Waals surface area (Å²) in [5.74, 6) is 0.430. The van der Waals surface area contributed by atoms with E-state index in [9.17, 15) is 4.79 Å². The van der Waals surface area contributed by atoms with Crippen molar-refractivity contribution in [3.05, 3.63) is 0 Å². The first kappa shape index (κ1) is 11.9. The van der Waals surface area contributed by atoms with Crippen LogP contribution in [0.2, 0.25) is 0 Å². The minimum atomic E-state index is -0.230. The second-order valence-electron chi connectivity index (χ2n) is 5.36. The van der Waals surface area contributed by atoms with Gasteiger partial charge in [0.25, 0.3) is 0 Å². The molecule has 4 nitrogen and oxygen atoms in total. The molecule has 2 atom stereocenters. The third kappa shape index (κ3) is 2.55. The van der Waals surface area contributed by atoms with E-state index in [0.29, 0.717) is 5.92 Å². The lowest BCUT2D eigenvalue weighted by atomic mass is 9.90. The van der Waals surface area contributed by atoms with E-state index in [4.69, 9.17) is 4.74 Å². The first-order chi connectivity index (χ1) is 7.61. The lowest BCUT2D eigenvalue weighted by Crippen LogP contribution is -2.55. The number of carbonyl (C=O) groups is 1. The summed E-state index contributed by atoms with van der Waals surface area (Å²) in [4.78, 5) is 12.1. The fraction of sp³-hybridized carbons (Fsp3) is 0.917. The number of hydrogen-bond donors (Lipinski definition) is 2.